The zero-order valence-electron chi connectivity index (χ0n) is 15.8. The number of anilines is 1. The number of hydrogen-bond donors (Lipinski definition) is 1. The van der Waals surface area contributed by atoms with Crippen LogP contribution in [0.4, 0.5) is 23.5 Å². The van der Waals surface area contributed by atoms with Gasteiger partial charge in [0.05, 0.1) is 42.6 Å². The molecule has 9 nitrogen and oxygen atoms in total. The third-order valence-electron chi connectivity index (χ3n) is 4.73. The summed E-state index contributed by atoms with van der Waals surface area (Å²) >= 11 is 0. The number of hydrogen-bond acceptors (Lipinski definition) is 6. The van der Waals surface area contributed by atoms with Gasteiger partial charge in [-0.1, -0.05) is 0 Å². The topological polar surface area (TPSA) is 104 Å². The van der Waals surface area contributed by atoms with Crippen molar-refractivity contribution in [1.29, 1.82) is 0 Å². The number of alkyl halides is 3. The fourth-order valence-electron chi connectivity index (χ4n) is 3.18. The molecule has 2 aromatic heterocycles. The zero-order chi connectivity index (χ0) is 22.1. The molecule has 1 unspecified atom stereocenters. The number of carbonyl (C=O) groups excluding carboxylic acids is 1. The van der Waals surface area contributed by atoms with Crippen molar-refractivity contribution >= 4 is 17.8 Å². The molecule has 4 rings (SSSR count). The summed E-state index contributed by atoms with van der Waals surface area (Å²) in [7, 11) is 1.91. The van der Waals surface area contributed by atoms with E-state index in [-0.39, 0.29) is 11.8 Å². The standard InChI is InChI=1S/C15H17FN6O.C2HF3O2/c1-20-9-19-12-8-22(15-17-5-10(16)6-18-15)7-11(13(12)20)14(23)21-3-2-4-21;3-2(4,5)1(6)7/h5-6,9,11H,2-4,7-8H2,1H3;(H,6,7). The summed E-state index contributed by atoms with van der Waals surface area (Å²) in [5.74, 6) is -2.98. The smallest absolute Gasteiger partial charge is 0.475 e. The fraction of sp³-hybridized carbons (Fsp3) is 0.471. The molecule has 0 bridgehead atoms. The molecule has 1 amide bonds. The van der Waals surface area contributed by atoms with Crippen molar-refractivity contribution in [2.45, 2.75) is 25.1 Å². The second kappa shape index (κ2) is 8.24. The number of aromatic nitrogens is 4. The van der Waals surface area contributed by atoms with Gasteiger partial charge in [0.25, 0.3) is 0 Å². The highest BCUT2D eigenvalue weighted by Gasteiger charge is 2.39. The van der Waals surface area contributed by atoms with Gasteiger partial charge >= 0.3 is 12.1 Å². The average Bonchev–Trinajstić information content (AvgIpc) is 3.01. The lowest BCUT2D eigenvalue weighted by Gasteiger charge is -2.38. The Labute approximate surface area is 168 Å². The van der Waals surface area contributed by atoms with E-state index < -0.39 is 18.0 Å². The third-order valence-corrected chi connectivity index (χ3v) is 4.73. The van der Waals surface area contributed by atoms with E-state index in [2.05, 4.69) is 15.0 Å². The second-order valence-corrected chi connectivity index (χ2v) is 6.80. The molecule has 162 valence electrons. The summed E-state index contributed by atoms with van der Waals surface area (Å²) in [6.07, 6.45) is -0.0113. The lowest BCUT2D eigenvalue weighted by molar-refractivity contribution is -0.192. The Bertz CT molecular complexity index is 927. The number of aryl methyl sites for hydroxylation is 1. The molecule has 1 saturated heterocycles. The van der Waals surface area contributed by atoms with Crippen LogP contribution in [0.15, 0.2) is 18.7 Å². The molecule has 0 aromatic carbocycles. The van der Waals surface area contributed by atoms with Gasteiger partial charge in [0.2, 0.25) is 11.9 Å². The zero-order valence-corrected chi connectivity index (χ0v) is 15.8. The lowest BCUT2D eigenvalue weighted by Crippen LogP contribution is -2.49. The van der Waals surface area contributed by atoms with Crippen LogP contribution in [0.25, 0.3) is 0 Å². The van der Waals surface area contributed by atoms with Gasteiger partial charge in [-0.3, -0.25) is 4.79 Å². The van der Waals surface area contributed by atoms with Crippen LogP contribution in [-0.2, 0) is 23.2 Å². The summed E-state index contributed by atoms with van der Waals surface area (Å²) in [5.41, 5.74) is 1.81. The summed E-state index contributed by atoms with van der Waals surface area (Å²) in [6, 6.07) is 0. The quantitative estimate of drug-likeness (QED) is 0.717. The monoisotopic (exact) mass is 430 g/mol. The summed E-state index contributed by atoms with van der Waals surface area (Å²) in [5, 5.41) is 7.12. The number of halogens is 4. The van der Waals surface area contributed by atoms with Crippen molar-refractivity contribution in [3.8, 4) is 0 Å². The molecule has 1 atom stereocenters. The van der Waals surface area contributed by atoms with E-state index in [1.807, 2.05) is 21.4 Å². The number of likely N-dealkylation sites (tertiary alicyclic amines) is 1. The van der Waals surface area contributed by atoms with Crippen LogP contribution in [0, 0.1) is 5.82 Å². The predicted molar refractivity (Wildman–Crippen MR) is 93.9 cm³/mol. The maximum absolute atomic E-state index is 13.0. The molecule has 4 heterocycles. The second-order valence-electron chi connectivity index (χ2n) is 6.80. The van der Waals surface area contributed by atoms with Crippen LogP contribution in [0.5, 0.6) is 0 Å². The third kappa shape index (κ3) is 4.49. The van der Waals surface area contributed by atoms with Crippen LogP contribution in [0.1, 0.15) is 23.7 Å². The van der Waals surface area contributed by atoms with Gasteiger partial charge in [0, 0.05) is 26.7 Å². The highest BCUT2D eigenvalue weighted by atomic mass is 19.4. The van der Waals surface area contributed by atoms with Gasteiger partial charge in [-0.2, -0.15) is 13.2 Å². The molecule has 2 aliphatic heterocycles. The molecule has 2 aromatic rings. The number of aliphatic carboxylic acids is 1. The van der Waals surface area contributed by atoms with Crippen LogP contribution in [0.3, 0.4) is 0 Å². The Morgan fingerprint density at radius 2 is 1.77 bits per heavy atom. The molecule has 0 aliphatic carbocycles. The Hall–Kier alpha value is -3.25. The molecule has 0 spiro atoms. The molecular weight excluding hydrogens is 412 g/mol. The minimum absolute atomic E-state index is 0.118. The van der Waals surface area contributed by atoms with E-state index in [0.717, 1.165) is 43.3 Å². The van der Waals surface area contributed by atoms with Gasteiger partial charge in [-0.15, -0.1) is 0 Å². The van der Waals surface area contributed by atoms with E-state index in [0.29, 0.717) is 19.0 Å². The SMILES string of the molecule is Cn1cnc2c1C(C(=O)N1CCC1)CN(c1ncc(F)cn1)C2.O=C(O)C(F)(F)F. The number of carboxylic acid groups (broad SMARTS) is 1. The van der Waals surface area contributed by atoms with Crippen molar-refractivity contribution in [2.75, 3.05) is 24.5 Å². The minimum Gasteiger partial charge on any atom is -0.475 e. The van der Waals surface area contributed by atoms with E-state index >= 15 is 0 Å². The van der Waals surface area contributed by atoms with Crippen molar-refractivity contribution in [3.05, 3.63) is 35.9 Å². The van der Waals surface area contributed by atoms with Crippen molar-refractivity contribution < 1.29 is 32.3 Å². The average molecular weight is 430 g/mol. The molecule has 13 heteroatoms. The predicted octanol–water partition coefficient (Wildman–Crippen LogP) is 1.32. The number of amides is 1. The molecule has 30 heavy (non-hydrogen) atoms. The molecule has 0 radical (unpaired) electrons. The normalized spacial score (nSPS) is 18.1. The van der Waals surface area contributed by atoms with Gasteiger partial charge in [-0.25, -0.2) is 24.1 Å². The van der Waals surface area contributed by atoms with Crippen molar-refractivity contribution in [2.24, 2.45) is 7.05 Å². The maximum atomic E-state index is 13.0. The Morgan fingerprint density at radius 1 is 1.17 bits per heavy atom. The molecule has 1 fully saturated rings. The van der Waals surface area contributed by atoms with E-state index in [1.165, 1.54) is 0 Å². The van der Waals surface area contributed by atoms with E-state index in [1.54, 1.807) is 6.33 Å². The Balaban J connectivity index is 0.000000318. The first-order valence-electron chi connectivity index (χ1n) is 8.89. The van der Waals surface area contributed by atoms with Gasteiger partial charge in [-0.05, 0) is 6.42 Å². The van der Waals surface area contributed by atoms with Crippen LogP contribution in [0.2, 0.25) is 0 Å². The number of carbonyl (C=O) groups is 2. The van der Waals surface area contributed by atoms with Gasteiger partial charge < -0.3 is 19.5 Å². The number of carboxylic acids is 1. The van der Waals surface area contributed by atoms with Crippen molar-refractivity contribution in [3.63, 3.8) is 0 Å². The van der Waals surface area contributed by atoms with Gasteiger partial charge in [0.15, 0.2) is 5.82 Å². The first-order chi connectivity index (χ1) is 14.1. The largest absolute Gasteiger partial charge is 0.490 e. The summed E-state index contributed by atoms with van der Waals surface area (Å²) < 4.78 is 46.7. The summed E-state index contributed by atoms with van der Waals surface area (Å²) in [6.45, 7) is 2.63. The van der Waals surface area contributed by atoms with Gasteiger partial charge in [0.1, 0.15) is 0 Å². The Kier molecular flexibility index (Phi) is 5.89. The first kappa shape index (κ1) is 21.5. The molecule has 2 aliphatic rings. The first-order valence-corrected chi connectivity index (χ1v) is 8.89. The van der Waals surface area contributed by atoms with Crippen molar-refractivity contribution in [1.82, 2.24) is 24.4 Å². The van der Waals surface area contributed by atoms with Crippen LogP contribution >= 0.6 is 0 Å². The highest BCUT2D eigenvalue weighted by molar-refractivity contribution is 5.85. The summed E-state index contributed by atoms with van der Waals surface area (Å²) in [4.78, 5) is 37.9. The van der Waals surface area contributed by atoms with Crippen LogP contribution < -0.4 is 4.90 Å². The van der Waals surface area contributed by atoms with Crippen LogP contribution in [-0.4, -0.2) is 67.2 Å². The molecule has 0 saturated carbocycles. The fourth-order valence-corrected chi connectivity index (χ4v) is 3.18. The van der Waals surface area contributed by atoms with E-state index in [9.17, 15) is 22.4 Å². The van der Waals surface area contributed by atoms with E-state index in [4.69, 9.17) is 9.90 Å². The number of rotatable bonds is 2. The highest BCUT2D eigenvalue weighted by Crippen LogP contribution is 2.31. The molecule has 1 N–H and O–H groups in total. The molecular formula is C17H18F4N6O3. The number of imidazole rings is 1. The number of fused-ring (bicyclic) bond motifs is 1. The maximum Gasteiger partial charge on any atom is 0.490 e. The lowest BCUT2D eigenvalue weighted by atomic mass is 9.95. The number of nitrogens with zero attached hydrogens (tertiary/aromatic N) is 6. The Morgan fingerprint density at radius 3 is 2.27 bits per heavy atom. The minimum atomic E-state index is -5.08.